The number of nitrogens with zero attached hydrogens (tertiary/aromatic N) is 2. The number of sulfonamides is 1. The average Bonchev–Trinajstić information content (AvgIpc) is 2.89. The van der Waals surface area contributed by atoms with E-state index < -0.39 is 32.0 Å². The first-order valence-corrected chi connectivity index (χ1v) is 14.0. The smallest absolute Gasteiger partial charge is 0.248 e. The Hall–Kier alpha value is -3.01. The van der Waals surface area contributed by atoms with Crippen LogP contribution in [0.5, 0.6) is 5.75 Å². The summed E-state index contributed by atoms with van der Waals surface area (Å²) in [7, 11) is -2.81. The zero-order valence-electron chi connectivity index (χ0n) is 20.9. The molecule has 38 heavy (non-hydrogen) atoms. The van der Waals surface area contributed by atoms with E-state index in [-0.39, 0.29) is 32.0 Å². The van der Waals surface area contributed by atoms with Gasteiger partial charge in [-0.15, -0.1) is 0 Å². The van der Waals surface area contributed by atoms with Crippen LogP contribution in [-0.2, 0) is 21.4 Å². The molecule has 0 radical (unpaired) electrons. The lowest BCUT2D eigenvalue weighted by Crippen LogP contribution is -2.50. The maximum atomic E-state index is 14.5. The van der Waals surface area contributed by atoms with Crippen LogP contribution in [-0.4, -0.2) is 50.3 Å². The minimum atomic E-state index is -4.50. The number of carbonyl (C=O) groups excluding carboxylic acids is 1. The predicted octanol–water partition coefficient (Wildman–Crippen LogP) is 5.52. The number of hydrogen-bond donors (Lipinski definition) is 0. The van der Waals surface area contributed by atoms with Gasteiger partial charge in [-0.2, -0.15) is 4.31 Å². The van der Waals surface area contributed by atoms with Gasteiger partial charge in [0.1, 0.15) is 17.4 Å². The average molecular weight is 563 g/mol. The molecule has 10 heteroatoms. The largest absolute Gasteiger partial charge is 0.493 e. The minimum Gasteiger partial charge on any atom is -0.493 e. The summed E-state index contributed by atoms with van der Waals surface area (Å²) < 4.78 is 62.8. The highest BCUT2D eigenvalue weighted by Gasteiger charge is 2.44. The van der Waals surface area contributed by atoms with E-state index >= 15 is 0 Å². The normalized spacial score (nSPS) is 18.2. The maximum absolute atomic E-state index is 14.5. The molecule has 0 aromatic heterocycles. The predicted molar refractivity (Wildman–Crippen MR) is 141 cm³/mol. The van der Waals surface area contributed by atoms with Gasteiger partial charge in [0.15, 0.2) is 4.90 Å². The highest BCUT2D eigenvalue weighted by molar-refractivity contribution is 7.89. The zero-order valence-corrected chi connectivity index (χ0v) is 22.5. The van der Waals surface area contributed by atoms with E-state index in [0.29, 0.717) is 30.2 Å². The van der Waals surface area contributed by atoms with Crippen molar-refractivity contribution in [3.05, 3.63) is 95.0 Å². The number of piperidine rings is 1. The second-order valence-corrected chi connectivity index (χ2v) is 12.0. The fraction of sp³-hybridized carbons (Fsp3) is 0.321. The van der Waals surface area contributed by atoms with Crippen molar-refractivity contribution < 1.29 is 26.7 Å². The standard InChI is InChI=1S/C28H29ClF2N2O4S/c1-32(18-21-7-3-2-4-8-21)26(34)17-28(20-37-23-13-11-22(29)12-14-23)15-6-16-33(19-28)38(35,36)27-24(30)9-5-10-25(27)31/h2-5,7-14H,6,15-20H2,1H3. The van der Waals surface area contributed by atoms with Gasteiger partial charge in [-0.1, -0.05) is 48.0 Å². The highest BCUT2D eigenvalue weighted by Crippen LogP contribution is 2.38. The second-order valence-electron chi connectivity index (χ2n) is 9.65. The first-order valence-electron chi connectivity index (χ1n) is 12.2. The SMILES string of the molecule is CN(Cc1ccccc1)C(=O)CC1(COc2ccc(Cl)cc2)CCCN(S(=O)(=O)c2c(F)cccc2F)C1. The molecule has 1 heterocycles. The third-order valence-electron chi connectivity index (χ3n) is 6.72. The molecule has 1 aliphatic rings. The molecule has 6 nitrogen and oxygen atoms in total. The Labute approximate surface area is 226 Å². The molecular formula is C28H29ClF2N2O4S. The maximum Gasteiger partial charge on any atom is 0.248 e. The second kappa shape index (κ2) is 11.8. The lowest BCUT2D eigenvalue weighted by molar-refractivity contribution is -0.134. The summed E-state index contributed by atoms with van der Waals surface area (Å²) in [6.07, 6.45) is 0.891. The van der Waals surface area contributed by atoms with E-state index in [1.54, 1.807) is 36.2 Å². The first-order chi connectivity index (χ1) is 18.1. The summed E-state index contributed by atoms with van der Waals surface area (Å²) in [5, 5.41) is 0.534. The van der Waals surface area contributed by atoms with E-state index in [4.69, 9.17) is 16.3 Å². The van der Waals surface area contributed by atoms with Crippen molar-refractivity contribution in [3.63, 3.8) is 0 Å². The molecule has 0 spiro atoms. The third kappa shape index (κ3) is 6.51. The van der Waals surface area contributed by atoms with Crippen LogP contribution in [0, 0.1) is 17.0 Å². The van der Waals surface area contributed by atoms with Crippen LogP contribution in [0.2, 0.25) is 5.02 Å². The molecule has 3 aromatic carbocycles. The van der Waals surface area contributed by atoms with Crippen LogP contribution in [0.3, 0.4) is 0 Å². The summed E-state index contributed by atoms with van der Waals surface area (Å²) in [6.45, 7) is 0.371. The number of benzene rings is 3. The molecule has 0 saturated carbocycles. The van der Waals surface area contributed by atoms with Crippen molar-refractivity contribution in [3.8, 4) is 5.75 Å². The topological polar surface area (TPSA) is 66.9 Å². The van der Waals surface area contributed by atoms with Crippen molar-refractivity contribution >= 4 is 27.5 Å². The van der Waals surface area contributed by atoms with Crippen LogP contribution in [0.1, 0.15) is 24.8 Å². The fourth-order valence-electron chi connectivity index (χ4n) is 4.71. The van der Waals surface area contributed by atoms with Gasteiger partial charge in [0, 0.05) is 43.5 Å². The van der Waals surface area contributed by atoms with Crippen LogP contribution < -0.4 is 4.74 Å². The van der Waals surface area contributed by atoms with E-state index in [2.05, 4.69) is 0 Å². The lowest BCUT2D eigenvalue weighted by atomic mass is 9.78. The van der Waals surface area contributed by atoms with E-state index in [1.807, 2.05) is 30.3 Å². The number of hydrogen-bond acceptors (Lipinski definition) is 4. The molecule has 1 amide bonds. The van der Waals surface area contributed by atoms with E-state index in [0.717, 1.165) is 28.1 Å². The Bertz CT molecular complexity index is 1350. The molecule has 1 fully saturated rings. The van der Waals surface area contributed by atoms with Gasteiger partial charge in [-0.25, -0.2) is 17.2 Å². The molecule has 202 valence electrons. The highest BCUT2D eigenvalue weighted by atomic mass is 35.5. The van der Waals surface area contributed by atoms with Crippen molar-refractivity contribution in [2.45, 2.75) is 30.7 Å². The molecule has 1 aliphatic heterocycles. The quantitative estimate of drug-likeness (QED) is 0.345. The Morgan fingerprint density at radius 3 is 2.34 bits per heavy atom. The van der Waals surface area contributed by atoms with Crippen molar-refractivity contribution in [1.29, 1.82) is 0 Å². The molecule has 0 N–H and O–H groups in total. The number of rotatable bonds is 9. The summed E-state index contributed by atoms with van der Waals surface area (Å²) >= 11 is 5.97. The van der Waals surface area contributed by atoms with Gasteiger partial charge in [-0.05, 0) is 54.8 Å². The molecule has 3 aromatic rings. The Kier molecular flexibility index (Phi) is 8.70. The molecule has 0 aliphatic carbocycles. The van der Waals surface area contributed by atoms with Crippen LogP contribution in [0.4, 0.5) is 8.78 Å². The van der Waals surface area contributed by atoms with Gasteiger partial charge in [-0.3, -0.25) is 4.79 Å². The van der Waals surface area contributed by atoms with Gasteiger partial charge >= 0.3 is 0 Å². The summed E-state index contributed by atoms with van der Waals surface area (Å²) in [6, 6.07) is 19.2. The minimum absolute atomic E-state index is 0.00427. The Balaban J connectivity index is 1.60. The van der Waals surface area contributed by atoms with Gasteiger partial charge in [0.05, 0.1) is 6.61 Å². The van der Waals surface area contributed by atoms with Gasteiger partial charge < -0.3 is 9.64 Å². The van der Waals surface area contributed by atoms with Crippen LogP contribution >= 0.6 is 11.6 Å². The third-order valence-corrected chi connectivity index (χ3v) is 8.87. The summed E-state index contributed by atoms with van der Waals surface area (Å²) in [5.41, 5.74) is 0.0343. The van der Waals surface area contributed by atoms with E-state index in [1.165, 1.54) is 0 Å². The number of carbonyl (C=O) groups is 1. The lowest BCUT2D eigenvalue weighted by Gasteiger charge is -2.42. The first kappa shape index (κ1) is 28.0. The van der Waals surface area contributed by atoms with Crippen molar-refractivity contribution in [1.82, 2.24) is 9.21 Å². The number of amides is 1. The molecule has 0 bridgehead atoms. The summed E-state index contributed by atoms with van der Waals surface area (Å²) in [5.74, 6) is -1.99. The molecule has 1 saturated heterocycles. The van der Waals surface area contributed by atoms with Crippen molar-refractivity contribution in [2.75, 3.05) is 26.7 Å². The van der Waals surface area contributed by atoms with Crippen molar-refractivity contribution in [2.24, 2.45) is 5.41 Å². The Morgan fingerprint density at radius 2 is 1.68 bits per heavy atom. The molecular weight excluding hydrogens is 534 g/mol. The molecule has 1 unspecified atom stereocenters. The fourth-order valence-corrected chi connectivity index (χ4v) is 6.53. The molecule has 4 rings (SSSR count). The summed E-state index contributed by atoms with van der Waals surface area (Å²) in [4.78, 5) is 14.0. The zero-order chi connectivity index (χ0) is 27.3. The monoisotopic (exact) mass is 562 g/mol. The molecule has 1 atom stereocenters. The Morgan fingerprint density at radius 1 is 1.03 bits per heavy atom. The van der Waals surface area contributed by atoms with Crippen LogP contribution in [0.15, 0.2) is 77.7 Å². The number of ether oxygens (including phenoxy) is 1. The number of halogens is 3. The van der Waals surface area contributed by atoms with Crippen LogP contribution in [0.25, 0.3) is 0 Å². The van der Waals surface area contributed by atoms with Gasteiger partial charge in [0.2, 0.25) is 15.9 Å². The van der Waals surface area contributed by atoms with E-state index in [9.17, 15) is 22.0 Å². The van der Waals surface area contributed by atoms with Gasteiger partial charge in [0.25, 0.3) is 0 Å².